The van der Waals surface area contributed by atoms with Crippen molar-refractivity contribution in [1.82, 2.24) is 4.98 Å². The predicted octanol–water partition coefficient (Wildman–Crippen LogP) is 2.76. The number of anilines is 1. The smallest absolute Gasteiger partial charge is 0.274 e. The number of hydrogen-bond donors (Lipinski definition) is 2. The topological polar surface area (TPSA) is 85.1 Å². The van der Waals surface area contributed by atoms with E-state index in [0.717, 1.165) is 37.7 Å². The van der Waals surface area contributed by atoms with Crippen LogP contribution in [-0.2, 0) is 12.8 Å². The molecule has 2 amide bonds. The zero-order chi connectivity index (χ0) is 15.5. The van der Waals surface area contributed by atoms with Crippen LogP contribution in [0.2, 0.25) is 0 Å². The Hall–Kier alpha value is -2.21. The van der Waals surface area contributed by atoms with Gasteiger partial charge in [0.1, 0.15) is 10.7 Å². The van der Waals surface area contributed by atoms with Crippen LogP contribution in [0, 0.1) is 0 Å². The molecule has 0 bridgehead atoms. The van der Waals surface area contributed by atoms with E-state index in [9.17, 15) is 9.59 Å². The number of aryl methyl sites for hydroxylation is 1. The van der Waals surface area contributed by atoms with E-state index in [1.165, 1.54) is 16.2 Å². The average Bonchev–Trinajstić information content (AvgIpc) is 2.69. The van der Waals surface area contributed by atoms with E-state index in [1.54, 1.807) is 24.4 Å². The van der Waals surface area contributed by atoms with Gasteiger partial charge in [-0.25, -0.2) is 0 Å². The minimum absolute atomic E-state index is 0.320. The molecule has 0 aliphatic heterocycles. The van der Waals surface area contributed by atoms with Crippen LogP contribution in [-0.4, -0.2) is 16.8 Å². The molecule has 0 spiro atoms. The van der Waals surface area contributed by atoms with Gasteiger partial charge in [-0.15, -0.1) is 11.3 Å². The lowest BCUT2D eigenvalue weighted by molar-refractivity contribution is 0.100. The van der Waals surface area contributed by atoms with Gasteiger partial charge in [-0.2, -0.15) is 0 Å². The van der Waals surface area contributed by atoms with E-state index in [1.807, 2.05) is 0 Å². The van der Waals surface area contributed by atoms with Gasteiger partial charge in [0.2, 0.25) is 0 Å². The summed E-state index contributed by atoms with van der Waals surface area (Å²) in [6, 6.07) is 5.14. The maximum Gasteiger partial charge on any atom is 0.274 e. The molecular formula is C16H17N3O2S. The van der Waals surface area contributed by atoms with Crippen molar-refractivity contribution in [3.8, 4) is 0 Å². The normalized spacial score (nSPS) is 14.0. The summed E-state index contributed by atoms with van der Waals surface area (Å²) in [6.07, 6.45) is 6.68. The lowest BCUT2D eigenvalue weighted by atomic mass is 10.1. The molecule has 2 aromatic heterocycles. The molecule has 0 atom stereocenters. The van der Waals surface area contributed by atoms with Crippen LogP contribution in [0.25, 0.3) is 0 Å². The zero-order valence-corrected chi connectivity index (χ0v) is 12.9. The van der Waals surface area contributed by atoms with Gasteiger partial charge in [0.25, 0.3) is 11.8 Å². The number of hydrogen-bond acceptors (Lipinski definition) is 4. The number of carbonyl (C=O) groups excluding carboxylic acids is 2. The summed E-state index contributed by atoms with van der Waals surface area (Å²) >= 11 is 1.47. The Morgan fingerprint density at radius 3 is 2.73 bits per heavy atom. The summed E-state index contributed by atoms with van der Waals surface area (Å²) in [5, 5.41) is 3.35. The fourth-order valence-electron chi connectivity index (χ4n) is 2.76. The van der Waals surface area contributed by atoms with Crippen LogP contribution in [0.3, 0.4) is 0 Å². The third-order valence-corrected chi connectivity index (χ3v) is 5.00. The van der Waals surface area contributed by atoms with E-state index < -0.39 is 5.91 Å². The standard InChI is InChI=1S/C16H17N3O2S/c17-14(20)13-10-6-2-1-3-8-12(10)22-16(13)19-15(21)11-7-4-5-9-18-11/h4-5,7,9H,1-3,6,8H2,(H2,17,20)(H,19,21). The Morgan fingerprint density at radius 1 is 1.18 bits per heavy atom. The van der Waals surface area contributed by atoms with E-state index in [0.29, 0.717) is 16.3 Å². The second-order valence-electron chi connectivity index (χ2n) is 5.30. The number of pyridine rings is 1. The highest BCUT2D eigenvalue weighted by molar-refractivity contribution is 7.17. The molecule has 5 nitrogen and oxygen atoms in total. The maximum atomic E-state index is 12.3. The molecule has 0 saturated heterocycles. The molecule has 2 heterocycles. The first-order valence-electron chi connectivity index (χ1n) is 7.33. The van der Waals surface area contributed by atoms with Crippen LogP contribution in [0.1, 0.15) is 50.5 Å². The molecule has 114 valence electrons. The monoisotopic (exact) mass is 315 g/mol. The van der Waals surface area contributed by atoms with Gasteiger partial charge in [-0.05, 0) is 43.4 Å². The Morgan fingerprint density at radius 2 is 2.00 bits per heavy atom. The van der Waals surface area contributed by atoms with Gasteiger partial charge >= 0.3 is 0 Å². The SMILES string of the molecule is NC(=O)c1c(NC(=O)c2ccccn2)sc2c1CCCCC2. The molecule has 0 unspecified atom stereocenters. The maximum absolute atomic E-state index is 12.3. The number of fused-ring (bicyclic) bond motifs is 1. The van der Waals surface area contributed by atoms with Gasteiger partial charge in [0, 0.05) is 11.1 Å². The molecule has 2 aromatic rings. The van der Waals surface area contributed by atoms with Crippen molar-refractivity contribution < 1.29 is 9.59 Å². The summed E-state index contributed by atoms with van der Waals surface area (Å²) in [4.78, 5) is 29.3. The molecule has 1 aliphatic carbocycles. The summed E-state index contributed by atoms with van der Waals surface area (Å²) in [7, 11) is 0. The lowest BCUT2D eigenvalue weighted by Crippen LogP contribution is -2.18. The fraction of sp³-hybridized carbons (Fsp3) is 0.312. The lowest BCUT2D eigenvalue weighted by Gasteiger charge is -2.05. The molecule has 6 heteroatoms. The first-order chi connectivity index (χ1) is 10.7. The van der Waals surface area contributed by atoms with Crippen molar-refractivity contribution in [2.75, 3.05) is 5.32 Å². The minimum Gasteiger partial charge on any atom is -0.365 e. The first kappa shape index (κ1) is 14.7. The summed E-state index contributed by atoms with van der Waals surface area (Å²) in [6.45, 7) is 0. The highest BCUT2D eigenvalue weighted by Gasteiger charge is 2.24. The fourth-order valence-corrected chi connectivity index (χ4v) is 4.05. The van der Waals surface area contributed by atoms with Crippen molar-refractivity contribution in [2.24, 2.45) is 5.73 Å². The van der Waals surface area contributed by atoms with Gasteiger partial charge in [0.05, 0.1) is 5.56 Å². The predicted molar refractivity (Wildman–Crippen MR) is 86.3 cm³/mol. The molecule has 3 rings (SSSR count). The quantitative estimate of drug-likeness (QED) is 0.854. The second kappa shape index (κ2) is 6.27. The number of amides is 2. The van der Waals surface area contributed by atoms with Crippen LogP contribution in [0.15, 0.2) is 24.4 Å². The van der Waals surface area contributed by atoms with E-state index in [2.05, 4.69) is 10.3 Å². The van der Waals surface area contributed by atoms with E-state index in [-0.39, 0.29) is 5.91 Å². The molecule has 0 aromatic carbocycles. The van der Waals surface area contributed by atoms with Gasteiger partial charge in [0.15, 0.2) is 0 Å². The van der Waals surface area contributed by atoms with E-state index in [4.69, 9.17) is 5.73 Å². The number of aromatic nitrogens is 1. The summed E-state index contributed by atoms with van der Waals surface area (Å²) < 4.78 is 0. The average molecular weight is 315 g/mol. The van der Waals surface area contributed by atoms with E-state index >= 15 is 0 Å². The number of nitrogens with zero attached hydrogens (tertiary/aromatic N) is 1. The number of rotatable bonds is 3. The third-order valence-electron chi connectivity index (χ3n) is 3.79. The van der Waals surface area contributed by atoms with Gasteiger partial charge in [-0.1, -0.05) is 12.5 Å². The Balaban J connectivity index is 1.94. The van der Waals surface area contributed by atoms with Crippen LogP contribution in [0.5, 0.6) is 0 Å². The Bertz CT molecular complexity index is 710. The van der Waals surface area contributed by atoms with Crippen molar-refractivity contribution in [1.29, 1.82) is 0 Å². The largest absolute Gasteiger partial charge is 0.365 e. The number of nitrogens with one attached hydrogen (secondary N) is 1. The van der Waals surface area contributed by atoms with Crippen LogP contribution in [0.4, 0.5) is 5.00 Å². The molecule has 0 saturated carbocycles. The summed E-state index contributed by atoms with van der Waals surface area (Å²) in [5.41, 5.74) is 7.37. The zero-order valence-electron chi connectivity index (χ0n) is 12.1. The third kappa shape index (κ3) is 2.87. The molecule has 0 fully saturated rings. The minimum atomic E-state index is -0.476. The molecule has 0 radical (unpaired) electrons. The molecular weight excluding hydrogens is 298 g/mol. The van der Waals surface area contributed by atoms with Crippen molar-refractivity contribution in [3.63, 3.8) is 0 Å². The highest BCUT2D eigenvalue weighted by Crippen LogP contribution is 2.37. The second-order valence-corrected chi connectivity index (χ2v) is 6.41. The highest BCUT2D eigenvalue weighted by atomic mass is 32.1. The van der Waals surface area contributed by atoms with Crippen molar-refractivity contribution >= 4 is 28.2 Å². The molecule has 3 N–H and O–H groups in total. The number of nitrogens with two attached hydrogens (primary N) is 1. The Kier molecular flexibility index (Phi) is 4.20. The Labute approximate surface area is 132 Å². The van der Waals surface area contributed by atoms with Crippen LogP contribution >= 0.6 is 11.3 Å². The van der Waals surface area contributed by atoms with Crippen molar-refractivity contribution in [2.45, 2.75) is 32.1 Å². The molecule has 22 heavy (non-hydrogen) atoms. The van der Waals surface area contributed by atoms with Crippen molar-refractivity contribution in [3.05, 3.63) is 46.1 Å². The number of thiophene rings is 1. The number of carbonyl (C=O) groups is 2. The molecule has 1 aliphatic rings. The van der Waals surface area contributed by atoms with Gasteiger partial charge in [-0.3, -0.25) is 14.6 Å². The summed E-state index contributed by atoms with van der Waals surface area (Å²) in [5.74, 6) is -0.796. The number of primary amides is 1. The van der Waals surface area contributed by atoms with Crippen LogP contribution < -0.4 is 11.1 Å². The van der Waals surface area contributed by atoms with Gasteiger partial charge < -0.3 is 11.1 Å². The first-order valence-corrected chi connectivity index (χ1v) is 8.15.